The Morgan fingerprint density at radius 3 is 2.12 bits per heavy atom. The van der Waals surface area contributed by atoms with Gasteiger partial charge >= 0.3 is 7.68 Å². The van der Waals surface area contributed by atoms with Crippen molar-refractivity contribution in [2.24, 2.45) is 10.8 Å². The third-order valence-corrected chi connectivity index (χ3v) is 4.91. The summed E-state index contributed by atoms with van der Waals surface area (Å²) in [6, 6.07) is 0. The third kappa shape index (κ3) is 5.09. The number of hydrogen-bond acceptors (Lipinski definition) is 2. The molecule has 0 radical (unpaired) electrons. The Morgan fingerprint density at radius 2 is 1.71 bits per heavy atom. The molecule has 0 aliphatic heterocycles. The van der Waals surface area contributed by atoms with Crippen molar-refractivity contribution in [1.29, 1.82) is 0 Å². The average molecular weight is 264 g/mol. The molecule has 2 nitrogen and oxygen atoms in total. The zero-order valence-electron chi connectivity index (χ0n) is 11.8. The largest absolute Gasteiger partial charge is 0.367 e. The Kier molecular flexibility index (Phi) is 4.47. The average Bonchev–Trinajstić information content (AvgIpc) is 1.94. The highest BCUT2D eigenvalue weighted by atomic mass is 31.2. The number of hydrogen-bond donors (Lipinski definition) is 0. The van der Waals surface area contributed by atoms with E-state index >= 15 is 0 Å². The molecule has 0 saturated heterocycles. The van der Waals surface area contributed by atoms with Crippen LogP contribution in [0.4, 0.5) is 4.20 Å². The van der Waals surface area contributed by atoms with Crippen LogP contribution in [0.15, 0.2) is 0 Å². The van der Waals surface area contributed by atoms with Crippen LogP contribution in [-0.2, 0) is 9.09 Å². The maximum Gasteiger partial charge on any atom is 0.367 e. The maximum atomic E-state index is 13.7. The molecule has 0 spiro atoms. The first-order chi connectivity index (χ1) is 7.55. The smallest absolute Gasteiger partial charge is 0.302 e. The lowest BCUT2D eigenvalue weighted by Crippen LogP contribution is -2.37. The number of rotatable bonds is 4. The Labute approximate surface area is 105 Å². The minimum atomic E-state index is -3.87. The van der Waals surface area contributed by atoms with Crippen molar-refractivity contribution in [3.05, 3.63) is 0 Å². The lowest BCUT2D eigenvalue weighted by molar-refractivity contribution is 0.0114. The zero-order chi connectivity index (χ0) is 13.3. The maximum absolute atomic E-state index is 13.7. The first-order valence-electron chi connectivity index (χ1n) is 6.52. The van der Waals surface area contributed by atoms with E-state index in [4.69, 9.17) is 4.52 Å². The van der Waals surface area contributed by atoms with Gasteiger partial charge in [0.15, 0.2) is 0 Å². The van der Waals surface area contributed by atoms with E-state index in [1.807, 2.05) is 6.92 Å². The molecule has 4 heteroatoms. The second-order valence-corrected chi connectivity index (χ2v) is 8.79. The topological polar surface area (TPSA) is 26.3 Å². The first-order valence-corrected chi connectivity index (χ1v) is 8.22. The van der Waals surface area contributed by atoms with Gasteiger partial charge in [0.25, 0.3) is 0 Å². The summed E-state index contributed by atoms with van der Waals surface area (Å²) in [7, 11) is -3.87. The standard InChI is InChI=1S/C13H26FO2P/c1-6-7-17(14,15)16-11-8-12(2,3)10-13(4,5)9-11/h11H,6-10H2,1-5H3. The van der Waals surface area contributed by atoms with Crippen LogP contribution in [0.1, 0.15) is 60.3 Å². The molecule has 1 saturated carbocycles. The van der Waals surface area contributed by atoms with Crippen LogP contribution >= 0.6 is 7.68 Å². The van der Waals surface area contributed by atoms with Gasteiger partial charge in [0, 0.05) is 0 Å². The molecule has 0 aromatic heterocycles. The summed E-state index contributed by atoms with van der Waals surface area (Å²) < 4.78 is 30.6. The van der Waals surface area contributed by atoms with E-state index in [0.29, 0.717) is 6.42 Å². The summed E-state index contributed by atoms with van der Waals surface area (Å²) in [5.74, 6) is 0. The molecule has 0 aromatic carbocycles. The molecule has 0 amide bonds. The quantitative estimate of drug-likeness (QED) is 0.654. The highest BCUT2D eigenvalue weighted by Crippen LogP contribution is 2.55. The molecule has 1 atom stereocenters. The highest BCUT2D eigenvalue weighted by molar-refractivity contribution is 7.53. The fraction of sp³-hybridized carbons (Fsp3) is 1.00. The SMILES string of the molecule is CCCP(=O)(F)OC1CC(C)(C)CC(C)(C)C1. The Hall–Kier alpha value is 0.120. The second-order valence-electron chi connectivity index (χ2n) is 6.95. The zero-order valence-corrected chi connectivity index (χ0v) is 12.6. The summed E-state index contributed by atoms with van der Waals surface area (Å²) in [4.78, 5) is 0. The fourth-order valence-corrected chi connectivity index (χ4v) is 4.60. The van der Waals surface area contributed by atoms with Gasteiger partial charge in [-0.3, -0.25) is 4.57 Å². The molecule has 0 N–H and O–H groups in total. The fourth-order valence-electron chi connectivity index (χ4n) is 3.36. The van der Waals surface area contributed by atoms with Gasteiger partial charge in [-0.15, -0.1) is 0 Å². The van der Waals surface area contributed by atoms with Crippen LogP contribution in [0.5, 0.6) is 0 Å². The van der Waals surface area contributed by atoms with Crippen LogP contribution < -0.4 is 0 Å². The normalized spacial score (nSPS) is 27.6. The number of halogens is 1. The van der Waals surface area contributed by atoms with E-state index in [2.05, 4.69) is 27.7 Å². The molecule has 0 aromatic rings. The second kappa shape index (κ2) is 5.01. The molecule has 102 valence electrons. The predicted octanol–water partition coefficient (Wildman–Crippen LogP) is 5.18. The van der Waals surface area contributed by atoms with Crippen molar-refractivity contribution >= 4 is 7.68 Å². The van der Waals surface area contributed by atoms with E-state index < -0.39 is 7.68 Å². The summed E-state index contributed by atoms with van der Waals surface area (Å²) in [5.41, 5.74) is 0.275. The van der Waals surface area contributed by atoms with Crippen molar-refractivity contribution in [3.8, 4) is 0 Å². The van der Waals surface area contributed by atoms with Crippen molar-refractivity contribution in [2.75, 3.05) is 6.16 Å². The molecule has 0 heterocycles. The molecule has 1 rings (SSSR count). The highest BCUT2D eigenvalue weighted by Gasteiger charge is 2.41. The lowest BCUT2D eigenvalue weighted by Gasteiger charge is -2.44. The predicted molar refractivity (Wildman–Crippen MR) is 70.2 cm³/mol. The molecular formula is C13H26FO2P. The van der Waals surface area contributed by atoms with Gasteiger partial charge in [-0.2, -0.15) is 4.20 Å². The molecule has 1 unspecified atom stereocenters. The van der Waals surface area contributed by atoms with Crippen molar-refractivity contribution in [3.63, 3.8) is 0 Å². The van der Waals surface area contributed by atoms with Gasteiger partial charge in [-0.1, -0.05) is 34.6 Å². The lowest BCUT2D eigenvalue weighted by atomic mass is 9.64. The summed E-state index contributed by atoms with van der Waals surface area (Å²) in [5, 5.41) is 0. The van der Waals surface area contributed by atoms with Crippen LogP contribution in [0.25, 0.3) is 0 Å². The van der Waals surface area contributed by atoms with Gasteiger partial charge in [0.1, 0.15) is 0 Å². The summed E-state index contributed by atoms with van der Waals surface area (Å²) >= 11 is 0. The van der Waals surface area contributed by atoms with E-state index in [9.17, 15) is 8.76 Å². The van der Waals surface area contributed by atoms with Gasteiger partial charge in [0.2, 0.25) is 0 Å². The monoisotopic (exact) mass is 264 g/mol. The van der Waals surface area contributed by atoms with Gasteiger partial charge in [0.05, 0.1) is 12.3 Å². The van der Waals surface area contributed by atoms with Gasteiger partial charge in [-0.05, 0) is 36.5 Å². The summed E-state index contributed by atoms with van der Waals surface area (Å²) in [6.07, 6.45) is 3.11. The Bertz CT molecular complexity index is 297. The van der Waals surface area contributed by atoms with Crippen molar-refractivity contribution in [1.82, 2.24) is 0 Å². The Balaban J connectivity index is 2.69. The van der Waals surface area contributed by atoms with E-state index in [1.165, 1.54) is 0 Å². The van der Waals surface area contributed by atoms with Crippen molar-refractivity contribution in [2.45, 2.75) is 66.4 Å². The van der Waals surface area contributed by atoms with Crippen molar-refractivity contribution < 1.29 is 13.3 Å². The Morgan fingerprint density at radius 1 is 1.24 bits per heavy atom. The minimum absolute atomic E-state index is 0.0460. The molecule has 17 heavy (non-hydrogen) atoms. The molecule has 1 fully saturated rings. The molecule has 1 aliphatic rings. The van der Waals surface area contributed by atoms with Gasteiger partial charge < -0.3 is 4.52 Å². The van der Waals surface area contributed by atoms with Crippen LogP contribution in [-0.4, -0.2) is 12.3 Å². The summed E-state index contributed by atoms with van der Waals surface area (Å²) in [6.45, 7) is 10.5. The minimum Gasteiger partial charge on any atom is -0.302 e. The third-order valence-electron chi connectivity index (χ3n) is 3.31. The molecular weight excluding hydrogens is 238 g/mol. The van der Waals surface area contributed by atoms with E-state index in [0.717, 1.165) is 19.3 Å². The molecule has 0 bridgehead atoms. The van der Waals surface area contributed by atoms with Crippen LogP contribution in [0.2, 0.25) is 0 Å². The molecule has 1 aliphatic carbocycles. The van der Waals surface area contributed by atoms with Crippen LogP contribution in [0, 0.1) is 10.8 Å². The van der Waals surface area contributed by atoms with E-state index in [-0.39, 0.29) is 23.1 Å². The first kappa shape index (κ1) is 15.2. The van der Waals surface area contributed by atoms with E-state index in [1.54, 1.807) is 0 Å². The van der Waals surface area contributed by atoms with Crippen LogP contribution in [0.3, 0.4) is 0 Å². The van der Waals surface area contributed by atoms with Gasteiger partial charge in [-0.25, -0.2) is 0 Å².